The van der Waals surface area contributed by atoms with Crippen LogP contribution in [0.15, 0.2) is 51.7 Å². The molecule has 5 rings (SSSR count). The molecule has 5 aromatic rings. The molecule has 1 unspecified atom stereocenters. The van der Waals surface area contributed by atoms with E-state index >= 15 is 0 Å². The van der Waals surface area contributed by atoms with Crippen molar-refractivity contribution >= 4 is 54.3 Å². The van der Waals surface area contributed by atoms with E-state index in [1.54, 1.807) is 22.5 Å². The Labute approximate surface area is 182 Å². The van der Waals surface area contributed by atoms with Crippen LogP contribution in [-0.2, 0) is 0 Å². The van der Waals surface area contributed by atoms with E-state index in [4.69, 9.17) is 4.98 Å². The van der Waals surface area contributed by atoms with E-state index in [1.165, 1.54) is 17.7 Å². The zero-order valence-electron chi connectivity index (χ0n) is 15.7. The van der Waals surface area contributed by atoms with E-state index in [2.05, 4.69) is 46.4 Å². The Balaban J connectivity index is 1.73. The number of fused-ring (bicyclic) bond motifs is 2. The summed E-state index contributed by atoms with van der Waals surface area (Å²) < 4.78 is 2.28. The molecule has 0 bridgehead atoms. The Morgan fingerprint density at radius 2 is 2.20 bits per heavy atom. The number of hydrogen-bond acceptors (Lipinski definition) is 8. The number of halogens is 1. The molecular formula is C19H15BrN8OS. The predicted molar refractivity (Wildman–Crippen MR) is 119 cm³/mol. The standard InChI is InChI=1S/C19H15BrN8OS/c1-2-12(26-16-15-18(22-8-21-16)30-9-23-15)17-27-13-5-3-4-11(20)14(13)19(29)28(17)10-6-24-25-7-10/h3-9,12H,2H2,1H3,(H,24,25)(H,21,22,26). The number of anilines is 1. The van der Waals surface area contributed by atoms with Crippen LogP contribution in [0.4, 0.5) is 5.82 Å². The van der Waals surface area contributed by atoms with Crippen LogP contribution in [0, 0.1) is 0 Å². The summed E-state index contributed by atoms with van der Waals surface area (Å²) in [4.78, 5) is 32.1. The Morgan fingerprint density at radius 1 is 1.30 bits per heavy atom. The van der Waals surface area contributed by atoms with Gasteiger partial charge in [0.2, 0.25) is 0 Å². The number of benzene rings is 1. The second-order valence-electron chi connectivity index (χ2n) is 6.53. The second-order valence-corrected chi connectivity index (χ2v) is 8.22. The van der Waals surface area contributed by atoms with Crippen molar-refractivity contribution in [3.8, 4) is 5.69 Å². The first-order valence-corrected chi connectivity index (χ1v) is 10.9. The smallest absolute Gasteiger partial charge is 0.267 e. The van der Waals surface area contributed by atoms with Gasteiger partial charge in [-0.3, -0.25) is 14.5 Å². The van der Waals surface area contributed by atoms with Crippen molar-refractivity contribution < 1.29 is 0 Å². The van der Waals surface area contributed by atoms with Crippen molar-refractivity contribution in [2.24, 2.45) is 0 Å². The van der Waals surface area contributed by atoms with Gasteiger partial charge in [0, 0.05) is 10.7 Å². The van der Waals surface area contributed by atoms with Crippen LogP contribution >= 0.6 is 27.3 Å². The normalized spacial score (nSPS) is 12.5. The first kappa shape index (κ1) is 18.8. The maximum atomic E-state index is 13.5. The van der Waals surface area contributed by atoms with Crippen LogP contribution in [0.2, 0.25) is 0 Å². The fourth-order valence-corrected chi connectivity index (χ4v) is 4.52. The summed E-state index contributed by atoms with van der Waals surface area (Å²) in [5.74, 6) is 1.17. The van der Waals surface area contributed by atoms with Gasteiger partial charge in [0.25, 0.3) is 5.56 Å². The van der Waals surface area contributed by atoms with Gasteiger partial charge in [0.15, 0.2) is 5.82 Å². The minimum atomic E-state index is -0.296. The van der Waals surface area contributed by atoms with Gasteiger partial charge in [0.05, 0.1) is 34.3 Å². The van der Waals surface area contributed by atoms with Gasteiger partial charge in [-0.2, -0.15) is 5.10 Å². The molecule has 1 atom stereocenters. The molecule has 0 aliphatic carbocycles. The third-order valence-corrected chi connectivity index (χ3v) is 6.17. The first-order chi connectivity index (χ1) is 14.7. The van der Waals surface area contributed by atoms with E-state index < -0.39 is 0 Å². The van der Waals surface area contributed by atoms with Crippen molar-refractivity contribution in [1.82, 2.24) is 34.7 Å². The highest BCUT2D eigenvalue weighted by Gasteiger charge is 2.23. The largest absolute Gasteiger partial charge is 0.358 e. The quantitative estimate of drug-likeness (QED) is 0.391. The molecular weight excluding hydrogens is 468 g/mol. The topological polar surface area (TPSA) is 114 Å². The number of aromatic nitrogens is 7. The molecule has 0 saturated heterocycles. The van der Waals surface area contributed by atoms with E-state index in [1.807, 2.05) is 25.1 Å². The van der Waals surface area contributed by atoms with Crippen molar-refractivity contribution in [3.05, 3.63) is 63.1 Å². The van der Waals surface area contributed by atoms with Crippen LogP contribution in [0.3, 0.4) is 0 Å². The van der Waals surface area contributed by atoms with Crippen molar-refractivity contribution in [1.29, 1.82) is 0 Å². The van der Waals surface area contributed by atoms with Crippen LogP contribution < -0.4 is 10.9 Å². The molecule has 1 aromatic carbocycles. The highest BCUT2D eigenvalue weighted by molar-refractivity contribution is 9.10. The Morgan fingerprint density at radius 3 is 3.00 bits per heavy atom. The Hall–Kier alpha value is -3.18. The summed E-state index contributed by atoms with van der Waals surface area (Å²) in [5, 5.41) is 10.7. The molecule has 4 heterocycles. The highest BCUT2D eigenvalue weighted by Crippen LogP contribution is 2.28. The van der Waals surface area contributed by atoms with Crippen LogP contribution in [0.1, 0.15) is 25.2 Å². The molecule has 0 aliphatic heterocycles. The minimum Gasteiger partial charge on any atom is -0.358 e. The molecule has 4 aromatic heterocycles. The monoisotopic (exact) mass is 482 g/mol. The van der Waals surface area contributed by atoms with Gasteiger partial charge in [-0.25, -0.2) is 19.9 Å². The van der Waals surface area contributed by atoms with Crippen molar-refractivity contribution in [2.45, 2.75) is 19.4 Å². The molecule has 0 spiro atoms. The summed E-state index contributed by atoms with van der Waals surface area (Å²) >= 11 is 4.93. The number of thiazole rings is 1. The summed E-state index contributed by atoms with van der Waals surface area (Å²) in [6.07, 6.45) is 5.44. The molecule has 0 saturated carbocycles. The SMILES string of the molecule is CCC(Nc1ncnc2scnc12)c1nc2cccc(Br)c2c(=O)n1-c1cn[nH]c1. The number of hydrogen-bond donors (Lipinski definition) is 2. The van der Waals surface area contributed by atoms with E-state index in [-0.39, 0.29) is 11.6 Å². The third kappa shape index (κ3) is 3.06. The molecule has 150 valence electrons. The van der Waals surface area contributed by atoms with Crippen molar-refractivity contribution in [2.75, 3.05) is 5.32 Å². The van der Waals surface area contributed by atoms with Crippen molar-refractivity contribution in [3.63, 3.8) is 0 Å². The predicted octanol–water partition coefficient (Wildman–Crippen LogP) is 3.83. The van der Waals surface area contributed by atoms with Gasteiger partial charge in [-0.05, 0) is 34.5 Å². The lowest BCUT2D eigenvalue weighted by Gasteiger charge is -2.21. The summed E-state index contributed by atoms with van der Waals surface area (Å²) in [5.41, 5.74) is 3.48. The van der Waals surface area contributed by atoms with Crippen LogP contribution in [0.5, 0.6) is 0 Å². The third-order valence-electron chi connectivity index (χ3n) is 4.78. The molecule has 0 radical (unpaired) electrons. The van der Waals surface area contributed by atoms with Gasteiger partial charge in [-0.1, -0.05) is 13.0 Å². The van der Waals surface area contributed by atoms with Gasteiger partial charge in [-0.15, -0.1) is 11.3 Å². The fourth-order valence-electron chi connectivity index (χ4n) is 3.37. The molecule has 9 nitrogen and oxygen atoms in total. The number of rotatable bonds is 5. The van der Waals surface area contributed by atoms with E-state index in [0.29, 0.717) is 44.6 Å². The maximum absolute atomic E-state index is 13.5. The number of nitrogens with zero attached hydrogens (tertiary/aromatic N) is 6. The lowest BCUT2D eigenvalue weighted by molar-refractivity contribution is 0.659. The van der Waals surface area contributed by atoms with Gasteiger partial charge < -0.3 is 5.32 Å². The summed E-state index contributed by atoms with van der Waals surface area (Å²) in [6, 6.07) is 5.24. The Kier molecular flexibility index (Phi) is 4.75. The van der Waals surface area contributed by atoms with Gasteiger partial charge >= 0.3 is 0 Å². The zero-order chi connectivity index (χ0) is 20.7. The Bertz CT molecular complexity index is 1410. The molecule has 0 fully saturated rings. The lowest BCUT2D eigenvalue weighted by atomic mass is 10.1. The molecule has 0 amide bonds. The summed E-state index contributed by atoms with van der Waals surface area (Å²) in [7, 11) is 0. The molecule has 2 N–H and O–H groups in total. The average molecular weight is 483 g/mol. The summed E-state index contributed by atoms with van der Waals surface area (Å²) in [6.45, 7) is 2.02. The number of H-pyrrole nitrogens is 1. The van der Waals surface area contributed by atoms with Crippen LogP contribution in [0.25, 0.3) is 26.9 Å². The number of nitrogens with one attached hydrogen (secondary N) is 2. The van der Waals surface area contributed by atoms with E-state index in [0.717, 1.165) is 4.83 Å². The second kappa shape index (κ2) is 7.58. The number of aromatic amines is 1. The molecule has 30 heavy (non-hydrogen) atoms. The lowest BCUT2D eigenvalue weighted by Crippen LogP contribution is -2.28. The highest BCUT2D eigenvalue weighted by atomic mass is 79.9. The van der Waals surface area contributed by atoms with Crippen LogP contribution in [-0.4, -0.2) is 34.7 Å². The zero-order valence-corrected chi connectivity index (χ0v) is 18.1. The fraction of sp³-hybridized carbons (Fsp3) is 0.158. The molecule has 0 aliphatic rings. The first-order valence-electron chi connectivity index (χ1n) is 9.18. The van der Waals surface area contributed by atoms with Gasteiger partial charge in [0.1, 0.15) is 22.5 Å². The maximum Gasteiger partial charge on any atom is 0.267 e. The minimum absolute atomic E-state index is 0.175. The van der Waals surface area contributed by atoms with E-state index in [9.17, 15) is 4.79 Å². The molecule has 11 heteroatoms. The average Bonchev–Trinajstić information content (AvgIpc) is 3.44.